The average Bonchev–Trinajstić information content (AvgIpc) is 3.30. The van der Waals surface area contributed by atoms with Crippen LogP contribution in [0.25, 0.3) is 0 Å². The zero-order valence-electron chi connectivity index (χ0n) is 43.4. The Morgan fingerprint density at radius 2 is 0.853 bits per heavy atom. The number of carboxylic acids is 1. The lowest BCUT2D eigenvalue weighted by Crippen LogP contribution is -2.44. The van der Waals surface area contributed by atoms with Crippen LogP contribution in [0, 0.1) is 0 Å². The minimum Gasteiger partial charge on any atom is -0.545 e. The van der Waals surface area contributed by atoms with Crippen LogP contribution >= 0.6 is 0 Å². The summed E-state index contributed by atoms with van der Waals surface area (Å²) in [5, 5.41) is 11.7. The number of carbonyl (C=O) groups is 3. The summed E-state index contributed by atoms with van der Waals surface area (Å²) in [5.74, 6) is -2.39. The molecule has 2 unspecified atom stereocenters. The largest absolute Gasteiger partial charge is 0.545 e. The standard InChI is InChI=1S/C59H95NO8/c1-6-8-10-12-14-16-18-20-22-23-24-25-26-27-28-29-30-31-32-33-34-35-36-38-40-42-44-46-48-50-57(62)68-55(54-67-59(58(63)64)65-52-51-60(3,4)5)53-66-56(61)49-47-45-43-41-39-37-21-19-17-15-13-11-9-7-2/h8,10,14,16,19-22,24-25,27-28,30-31,33-34,36,38,42,44,55,59H,6-7,9,11-13,15,17-18,23,26,29,32,35,37,39-41,43,45-54H2,1-5H3/b10-8-,16-14-,21-19-,22-20-,25-24-,28-27-,31-30-,34-33-,38-36-,44-42-. The second-order valence-electron chi connectivity index (χ2n) is 18.1. The van der Waals surface area contributed by atoms with E-state index in [9.17, 15) is 19.5 Å². The van der Waals surface area contributed by atoms with Crippen LogP contribution in [0.3, 0.4) is 0 Å². The fourth-order valence-electron chi connectivity index (χ4n) is 6.41. The first kappa shape index (κ1) is 63.7. The topological polar surface area (TPSA) is 111 Å². The van der Waals surface area contributed by atoms with Gasteiger partial charge >= 0.3 is 11.9 Å². The van der Waals surface area contributed by atoms with Crippen LogP contribution in [-0.4, -0.2) is 82.3 Å². The molecule has 0 bridgehead atoms. The lowest BCUT2D eigenvalue weighted by atomic mass is 10.1. The molecule has 0 spiro atoms. The molecule has 0 aliphatic rings. The summed E-state index contributed by atoms with van der Waals surface area (Å²) in [4.78, 5) is 37.1. The van der Waals surface area contributed by atoms with Crippen LogP contribution < -0.4 is 5.11 Å². The first-order valence-corrected chi connectivity index (χ1v) is 26.2. The minimum absolute atomic E-state index is 0.129. The van der Waals surface area contributed by atoms with Gasteiger partial charge < -0.3 is 33.3 Å². The van der Waals surface area contributed by atoms with E-state index in [4.69, 9.17) is 18.9 Å². The normalized spacial score (nSPS) is 13.8. The highest BCUT2D eigenvalue weighted by molar-refractivity contribution is 5.70. The van der Waals surface area contributed by atoms with Crippen molar-refractivity contribution in [3.8, 4) is 0 Å². The van der Waals surface area contributed by atoms with E-state index in [0.717, 1.165) is 89.9 Å². The molecule has 9 heteroatoms. The highest BCUT2D eigenvalue weighted by Gasteiger charge is 2.21. The van der Waals surface area contributed by atoms with Gasteiger partial charge in [0.05, 0.1) is 40.3 Å². The molecule has 0 aromatic rings. The molecule has 0 radical (unpaired) electrons. The van der Waals surface area contributed by atoms with E-state index in [0.29, 0.717) is 30.3 Å². The molecule has 0 aromatic heterocycles. The molecule has 0 heterocycles. The SMILES string of the molecule is CC/C=C\C/C=C\C/C=C\C/C=C\C/C=C\C/C=C\C/C=C\C/C=C\C/C=C\CCCC(=O)OC(COC(=O)CCCCCCC/C=C\CCCCCCC)COC(OCC[N+](C)(C)C)C(=O)[O-]. The van der Waals surface area contributed by atoms with Crippen LogP contribution in [0.5, 0.6) is 0 Å². The van der Waals surface area contributed by atoms with Gasteiger partial charge in [0.1, 0.15) is 13.2 Å². The molecule has 0 saturated heterocycles. The number of carboxylic acid groups (broad SMARTS) is 1. The first-order valence-electron chi connectivity index (χ1n) is 26.2. The Morgan fingerprint density at radius 1 is 0.456 bits per heavy atom. The van der Waals surface area contributed by atoms with E-state index in [1.807, 2.05) is 27.2 Å². The van der Waals surface area contributed by atoms with Crippen LogP contribution in [-0.2, 0) is 33.3 Å². The second kappa shape index (κ2) is 49.1. The number of carbonyl (C=O) groups excluding carboxylic acids is 3. The van der Waals surface area contributed by atoms with Gasteiger partial charge in [0.2, 0.25) is 0 Å². The predicted octanol–water partition coefficient (Wildman–Crippen LogP) is 13.6. The van der Waals surface area contributed by atoms with E-state index < -0.39 is 24.3 Å². The molecule has 0 aliphatic carbocycles. The van der Waals surface area contributed by atoms with Crippen LogP contribution in [0.15, 0.2) is 122 Å². The van der Waals surface area contributed by atoms with Crippen molar-refractivity contribution in [2.75, 3.05) is 47.5 Å². The quantitative estimate of drug-likeness (QED) is 0.0195. The molecule has 0 aromatic carbocycles. The predicted molar refractivity (Wildman–Crippen MR) is 283 cm³/mol. The molecule has 0 fully saturated rings. The van der Waals surface area contributed by atoms with Gasteiger partial charge in [0.15, 0.2) is 12.4 Å². The van der Waals surface area contributed by atoms with Crippen molar-refractivity contribution in [2.45, 2.75) is 187 Å². The van der Waals surface area contributed by atoms with Gasteiger partial charge in [-0.2, -0.15) is 0 Å². The van der Waals surface area contributed by atoms with Crippen molar-refractivity contribution in [2.24, 2.45) is 0 Å². The Bertz CT molecular complexity index is 1520. The number of aliphatic carboxylic acids is 1. The number of unbranched alkanes of at least 4 members (excludes halogenated alkanes) is 11. The number of hydrogen-bond donors (Lipinski definition) is 0. The van der Waals surface area contributed by atoms with E-state index in [-0.39, 0.29) is 38.6 Å². The van der Waals surface area contributed by atoms with Crippen molar-refractivity contribution in [1.29, 1.82) is 0 Å². The lowest BCUT2D eigenvalue weighted by molar-refractivity contribution is -0.870. The maximum absolute atomic E-state index is 12.8. The molecule has 0 amide bonds. The van der Waals surface area contributed by atoms with Crippen LogP contribution in [0.4, 0.5) is 0 Å². The Labute approximate surface area is 415 Å². The number of rotatable bonds is 46. The van der Waals surface area contributed by atoms with E-state index in [1.54, 1.807) is 0 Å². The molecule has 68 heavy (non-hydrogen) atoms. The van der Waals surface area contributed by atoms with Gasteiger partial charge in [0, 0.05) is 12.8 Å². The number of allylic oxidation sites excluding steroid dienone is 20. The van der Waals surface area contributed by atoms with Crippen molar-refractivity contribution >= 4 is 17.9 Å². The van der Waals surface area contributed by atoms with E-state index in [2.05, 4.69) is 129 Å². The molecular formula is C59H95NO8. The molecule has 0 saturated carbocycles. The zero-order chi connectivity index (χ0) is 49.9. The summed E-state index contributed by atoms with van der Waals surface area (Å²) in [7, 11) is 5.88. The van der Waals surface area contributed by atoms with Crippen molar-refractivity contribution < 1.29 is 42.9 Å². The molecule has 0 N–H and O–H groups in total. The summed E-state index contributed by atoms with van der Waals surface area (Å²) >= 11 is 0. The second-order valence-corrected chi connectivity index (χ2v) is 18.1. The molecule has 0 rings (SSSR count). The van der Waals surface area contributed by atoms with Crippen molar-refractivity contribution in [3.05, 3.63) is 122 Å². The van der Waals surface area contributed by atoms with Crippen LogP contribution in [0.2, 0.25) is 0 Å². The van der Waals surface area contributed by atoms with Gasteiger partial charge in [0.25, 0.3) is 0 Å². The molecule has 9 nitrogen and oxygen atoms in total. The fourth-order valence-corrected chi connectivity index (χ4v) is 6.41. The molecule has 0 aliphatic heterocycles. The Balaban J connectivity index is 4.46. The number of ether oxygens (including phenoxy) is 4. The third-order valence-corrected chi connectivity index (χ3v) is 10.4. The first-order chi connectivity index (χ1) is 33.1. The molecule has 384 valence electrons. The van der Waals surface area contributed by atoms with E-state index >= 15 is 0 Å². The summed E-state index contributed by atoms with van der Waals surface area (Å²) in [5.41, 5.74) is 0. The third-order valence-electron chi connectivity index (χ3n) is 10.4. The molecule has 2 atom stereocenters. The number of quaternary nitrogens is 1. The number of esters is 2. The summed E-state index contributed by atoms with van der Waals surface area (Å²) in [6.07, 6.45) is 65.3. The Hall–Kier alpha value is -4.31. The third kappa shape index (κ3) is 49.6. The number of nitrogens with zero attached hydrogens (tertiary/aromatic N) is 1. The van der Waals surface area contributed by atoms with Crippen LogP contribution in [0.1, 0.15) is 174 Å². The number of hydrogen-bond acceptors (Lipinski definition) is 8. The average molecular weight is 946 g/mol. The van der Waals surface area contributed by atoms with Gasteiger partial charge in [-0.1, -0.05) is 180 Å². The lowest BCUT2D eigenvalue weighted by Gasteiger charge is -2.26. The van der Waals surface area contributed by atoms with Gasteiger partial charge in [-0.25, -0.2) is 0 Å². The maximum atomic E-state index is 12.8. The monoisotopic (exact) mass is 946 g/mol. The fraction of sp³-hybridized carbons (Fsp3) is 0.610. The Kier molecular flexibility index (Phi) is 46.0. The summed E-state index contributed by atoms with van der Waals surface area (Å²) in [6, 6.07) is 0. The Morgan fingerprint density at radius 3 is 1.31 bits per heavy atom. The summed E-state index contributed by atoms with van der Waals surface area (Å²) < 4.78 is 22.5. The maximum Gasteiger partial charge on any atom is 0.306 e. The van der Waals surface area contributed by atoms with Crippen molar-refractivity contribution in [3.63, 3.8) is 0 Å². The van der Waals surface area contributed by atoms with E-state index in [1.165, 1.54) is 38.5 Å². The van der Waals surface area contributed by atoms with Gasteiger partial charge in [-0.3, -0.25) is 9.59 Å². The van der Waals surface area contributed by atoms with Gasteiger partial charge in [-0.05, 0) is 103 Å². The van der Waals surface area contributed by atoms with Gasteiger partial charge in [-0.15, -0.1) is 0 Å². The highest BCUT2D eigenvalue weighted by Crippen LogP contribution is 2.12. The number of likely N-dealkylation sites (N-methyl/N-ethyl adjacent to an activating group) is 1. The highest BCUT2D eigenvalue weighted by atomic mass is 16.7. The zero-order valence-corrected chi connectivity index (χ0v) is 43.4. The minimum atomic E-state index is -1.65. The molecular weight excluding hydrogens is 851 g/mol. The smallest absolute Gasteiger partial charge is 0.306 e. The summed E-state index contributed by atoms with van der Waals surface area (Å²) in [6.45, 7) is 4.51. The van der Waals surface area contributed by atoms with Crippen molar-refractivity contribution in [1.82, 2.24) is 0 Å².